The number of unbranched alkanes of at least 4 members (excludes halogenated alkanes) is 1. The van der Waals surface area contributed by atoms with Crippen molar-refractivity contribution >= 4 is 10.9 Å². The highest BCUT2D eigenvalue weighted by molar-refractivity contribution is 5.84. The van der Waals surface area contributed by atoms with Gasteiger partial charge in [-0.1, -0.05) is 25.0 Å². The number of nitrogens with zero attached hydrogens (tertiary/aromatic N) is 1. The molecule has 0 aliphatic rings. The minimum Gasteiger partial charge on any atom is -0.396 e. The molecule has 2 nitrogen and oxygen atoms in total. The quantitative estimate of drug-likeness (QED) is 0.825. The molecule has 1 aromatic heterocycles. The number of rotatable bonds is 6. The van der Waals surface area contributed by atoms with Crippen LogP contribution < -0.4 is 0 Å². The average molecular weight is 245 g/mol. The number of hydrogen-bond donors (Lipinski definition) is 1. The van der Waals surface area contributed by atoms with E-state index in [4.69, 9.17) is 5.11 Å². The zero-order valence-electron chi connectivity index (χ0n) is 11.4. The monoisotopic (exact) mass is 245 g/mol. The van der Waals surface area contributed by atoms with Gasteiger partial charge < -0.3 is 9.67 Å². The van der Waals surface area contributed by atoms with Gasteiger partial charge in [-0.2, -0.15) is 0 Å². The van der Waals surface area contributed by atoms with Crippen molar-refractivity contribution in [2.24, 2.45) is 0 Å². The van der Waals surface area contributed by atoms with Crippen LogP contribution in [0.3, 0.4) is 0 Å². The van der Waals surface area contributed by atoms with Crippen LogP contribution in [-0.2, 0) is 13.0 Å². The standard InChI is InChI=1S/C16H23NO/c1-3-4-6-14-12-17(9-5-10-18)16-8-7-13(2)11-15(14)16/h7-8,11-12,18H,3-6,9-10H2,1-2H3. The molecular weight excluding hydrogens is 222 g/mol. The average Bonchev–Trinajstić information content (AvgIpc) is 2.71. The third-order valence-electron chi connectivity index (χ3n) is 3.48. The lowest BCUT2D eigenvalue weighted by Gasteiger charge is -2.03. The Morgan fingerprint density at radius 1 is 1.22 bits per heavy atom. The normalized spacial score (nSPS) is 11.3. The lowest BCUT2D eigenvalue weighted by molar-refractivity contribution is 0.280. The Kier molecular flexibility index (Phi) is 4.43. The van der Waals surface area contributed by atoms with E-state index in [1.807, 2.05) is 0 Å². The highest BCUT2D eigenvalue weighted by Crippen LogP contribution is 2.24. The summed E-state index contributed by atoms with van der Waals surface area (Å²) in [6, 6.07) is 6.66. The Labute approximate surface area is 109 Å². The van der Waals surface area contributed by atoms with Gasteiger partial charge in [0.2, 0.25) is 0 Å². The van der Waals surface area contributed by atoms with Crippen molar-refractivity contribution < 1.29 is 5.11 Å². The molecule has 1 heterocycles. The number of aliphatic hydroxyl groups is 1. The second-order valence-electron chi connectivity index (χ2n) is 5.05. The molecule has 18 heavy (non-hydrogen) atoms. The lowest BCUT2D eigenvalue weighted by atomic mass is 10.1. The summed E-state index contributed by atoms with van der Waals surface area (Å²) in [5, 5.41) is 10.4. The van der Waals surface area contributed by atoms with Crippen LogP contribution in [0.5, 0.6) is 0 Å². The molecule has 0 saturated heterocycles. The van der Waals surface area contributed by atoms with E-state index in [0.29, 0.717) is 0 Å². The van der Waals surface area contributed by atoms with Crippen LogP contribution in [-0.4, -0.2) is 16.3 Å². The van der Waals surface area contributed by atoms with E-state index in [0.717, 1.165) is 19.4 Å². The molecule has 2 rings (SSSR count). The molecule has 1 N–H and O–H groups in total. The van der Waals surface area contributed by atoms with Gasteiger partial charge in [0.15, 0.2) is 0 Å². The molecule has 0 unspecified atom stereocenters. The summed E-state index contributed by atoms with van der Waals surface area (Å²) in [6.07, 6.45) is 6.73. The van der Waals surface area contributed by atoms with Crippen molar-refractivity contribution in [3.05, 3.63) is 35.5 Å². The van der Waals surface area contributed by atoms with Gasteiger partial charge in [-0.25, -0.2) is 0 Å². The largest absolute Gasteiger partial charge is 0.396 e. The van der Waals surface area contributed by atoms with E-state index < -0.39 is 0 Å². The van der Waals surface area contributed by atoms with E-state index in [1.165, 1.54) is 34.9 Å². The number of aromatic nitrogens is 1. The van der Waals surface area contributed by atoms with Gasteiger partial charge in [0.25, 0.3) is 0 Å². The van der Waals surface area contributed by atoms with Gasteiger partial charge in [-0.15, -0.1) is 0 Å². The maximum absolute atomic E-state index is 8.98. The summed E-state index contributed by atoms with van der Waals surface area (Å²) < 4.78 is 2.29. The van der Waals surface area contributed by atoms with Crippen molar-refractivity contribution in [2.45, 2.75) is 46.1 Å². The summed E-state index contributed by atoms with van der Waals surface area (Å²) in [4.78, 5) is 0. The van der Waals surface area contributed by atoms with Crippen molar-refractivity contribution in [1.82, 2.24) is 4.57 Å². The molecule has 2 heteroatoms. The molecule has 0 radical (unpaired) electrons. The summed E-state index contributed by atoms with van der Waals surface area (Å²) in [7, 11) is 0. The topological polar surface area (TPSA) is 25.2 Å². The Balaban J connectivity index is 2.39. The van der Waals surface area contributed by atoms with Gasteiger partial charge >= 0.3 is 0 Å². The molecule has 0 aliphatic carbocycles. The first-order valence-corrected chi connectivity index (χ1v) is 6.95. The van der Waals surface area contributed by atoms with E-state index in [2.05, 4.69) is 42.8 Å². The van der Waals surface area contributed by atoms with Crippen molar-refractivity contribution in [2.75, 3.05) is 6.61 Å². The Bertz CT molecular complexity index is 513. The van der Waals surface area contributed by atoms with Gasteiger partial charge in [-0.3, -0.25) is 0 Å². The summed E-state index contributed by atoms with van der Waals surface area (Å²) in [5.74, 6) is 0. The fraction of sp³-hybridized carbons (Fsp3) is 0.500. The second-order valence-corrected chi connectivity index (χ2v) is 5.05. The molecule has 98 valence electrons. The molecule has 0 saturated carbocycles. The third-order valence-corrected chi connectivity index (χ3v) is 3.48. The fourth-order valence-corrected chi connectivity index (χ4v) is 2.48. The molecule has 1 aromatic carbocycles. The molecule has 0 fully saturated rings. The van der Waals surface area contributed by atoms with E-state index in [9.17, 15) is 0 Å². The van der Waals surface area contributed by atoms with E-state index >= 15 is 0 Å². The number of aliphatic hydroxyl groups excluding tert-OH is 1. The molecule has 0 bridgehead atoms. The summed E-state index contributed by atoms with van der Waals surface area (Å²) >= 11 is 0. The van der Waals surface area contributed by atoms with E-state index in [-0.39, 0.29) is 6.61 Å². The Morgan fingerprint density at radius 2 is 2.06 bits per heavy atom. The first-order valence-electron chi connectivity index (χ1n) is 6.95. The van der Waals surface area contributed by atoms with Crippen LogP contribution >= 0.6 is 0 Å². The van der Waals surface area contributed by atoms with Crippen molar-refractivity contribution in [3.63, 3.8) is 0 Å². The molecule has 0 amide bonds. The predicted octanol–water partition coefficient (Wildman–Crippen LogP) is 3.67. The highest BCUT2D eigenvalue weighted by atomic mass is 16.3. The van der Waals surface area contributed by atoms with Crippen LogP contribution in [0.1, 0.15) is 37.3 Å². The molecular formula is C16H23NO. The van der Waals surface area contributed by atoms with Gasteiger partial charge in [-0.05, 0) is 43.9 Å². The van der Waals surface area contributed by atoms with E-state index in [1.54, 1.807) is 0 Å². The summed E-state index contributed by atoms with van der Waals surface area (Å²) in [5.41, 5.74) is 4.08. The SMILES string of the molecule is CCCCc1cn(CCCO)c2ccc(C)cc12. The molecule has 2 aromatic rings. The number of benzene rings is 1. The van der Waals surface area contributed by atoms with Crippen LogP contribution in [0.4, 0.5) is 0 Å². The fourth-order valence-electron chi connectivity index (χ4n) is 2.48. The summed E-state index contributed by atoms with van der Waals surface area (Å²) in [6.45, 7) is 5.54. The number of hydrogen-bond acceptors (Lipinski definition) is 1. The third kappa shape index (κ3) is 2.75. The van der Waals surface area contributed by atoms with Gasteiger partial charge in [0.1, 0.15) is 0 Å². The van der Waals surface area contributed by atoms with Gasteiger partial charge in [0.05, 0.1) is 0 Å². The lowest BCUT2D eigenvalue weighted by Crippen LogP contribution is -1.98. The maximum Gasteiger partial charge on any atom is 0.0483 e. The van der Waals surface area contributed by atoms with Crippen molar-refractivity contribution in [1.29, 1.82) is 0 Å². The zero-order chi connectivity index (χ0) is 13.0. The minimum absolute atomic E-state index is 0.260. The zero-order valence-corrected chi connectivity index (χ0v) is 11.4. The highest BCUT2D eigenvalue weighted by Gasteiger charge is 2.08. The molecule has 0 aliphatic heterocycles. The predicted molar refractivity (Wildman–Crippen MR) is 77.0 cm³/mol. The van der Waals surface area contributed by atoms with Crippen molar-refractivity contribution in [3.8, 4) is 0 Å². The molecule has 0 spiro atoms. The number of aryl methyl sites for hydroxylation is 3. The first-order chi connectivity index (χ1) is 8.76. The molecule has 0 atom stereocenters. The maximum atomic E-state index is 8.98. The van der Waals surface area contributed by atoms with Crippen LogP contribution in [0, 0.1) is 6.92 Å². The Hall–Kier alpha value is -1.28. The van der Waals surface area contributed by atoms with Crippen LogP contribution in [0.2, 0.25) is 0 Å². The van der Waals surface area contributed by atoms with Crippen LogP contribution in [0.25, 0.3) is 10.9 Å². The Morgan fingerprint density at radius 3 is 2.78 bits per heavy atom. The van der Waals surface area contributed by atoms with Crippen LogP contribution in [0.15, 0.2) is 24.4 Å². The first kappa shape index (κ1) is 13.2. The number of fused-ring (bicyclic) bond motifs is 1. The minimum atomic E-state index is 0.260. The van der Waals surface area contributed by atoms with Gasteiger partial charge in [0, 0.05) is 30.3 Å². The second kappa shape index (κ2) is 6.05. The smallest absolute Gasteiger partial charge is 0.0483 e.